The van der Waals surface area contributed by atoms with Gasteiger partial charge in [-0.2, -0.15) is 0 Å². The summed E-state index contributed by atoms with van der Waals surface area (Å²) >= 11 is 0. The van der Waals surface area contributed by atoms with Gasteiger partial charge in [0.25, 0.3) is 5.91 Å². The molecule has 1 aliphatic heterocycles. The molecule has 1 amide bonds. The summed E-state index contributed by atoms with van der Waals surface area (Å²) in [4.78, 5) is 14.7. The van der Waals surface area contributed by atoms with E-state index >= 15 is 0 Å². The second-order valence-electron chi connectivity index (χ2n) is 6.31. The maximum atomic E-state index is 12.6. The van der Waals surface area contributed by atoms with Gasteiger partial charge in [-0.25, -0.2) is 8.42 Å². The molecule has 3 rings (SSSR count). The van der Waals surface area contributed by atoms with Crippen LogP contribution in [0.15, 0.2) is 29.2 Å². The predicted molar refractivity (Wildman–Crippen MR) is 91.5 cm³/mol. The van der Waals surface area contributed by atoms with Gasteiger partial charge in [0.05, 0.1) is 10.6 Å². The molecule has 3 atom stereocenters. The zero-order valence-electron chi connectivity index (χ0n) is 13.1. The molecule has 128 valence electrons. The van der Waals surface area contributed by atoms with Gasteiger partial charge in [-0.05, 0) is 42.9 Å². The van der Waals surface area contributed by atoms with Gasteiger partial charge in [-0.15, -0.1) is 12.4 Å². The van der Waals surface area contributed by atoms with Crippen molar-refractivity contribution in [1.82, 2.24) is 4.90 Å². The van der Waals surface area contributed by atoms with Gasteiger partial charge in [0.2, 0.25) is 0 Å². The van der Waals surface area contributed by atoms with Gasteiger partial charge >= 0.3 is 0 Å². The van der Waals surface area contributed by atoms with E-state index in [0.29, 0.717) is 23.9 Å². The molecule has 0 spiro atoms. The fourth-order valence-corrected chi connectivity index (χ4v) is 4.57. The number of halogens is 1. The zero-order valence-corrected chi connectivity index (χ0v) is 14.8. The maximum absolute atomic E-state index is 12.6. The largest absolute Gasteiger partial charge is 0.338 e. The molecular formula is C16H23ClN2O3S. The second kappa shape index (κ2) is 6.79. The average molecular weight is 359 g/mol. The van der Waals surface area contributed by atoms with E-state index in [1.807, 2.05) is 4.90 Å². The highest BCUT2D eigenvalue weighted by Crippen LogP contribution is 2.37. The van der Waals surface area contributed by atoms with Crippen LogP contribution >= 0.6 is 12.4 Å². The highest BCUT2D eigenvalue weighted by Gasteiger charge is 2.42. The van der Waals surface area contributed by atoms with Gasteiger partial charge < -0.3 is 10.6 Å². The van der Waals surface area contributed by atoms with E-state index in [1.54, 1.807) is 25.1 Å². The fourth-order valence-electron chi connectivity index (χ4n) is 3.65. The van der Waals surface area contributed by atoms with Crippen molar-refractivity contribution in [2.75, 3.05) is 18.8 Å². The van der Waals surface area contributed by atoms with Crippen LogP contribution in [-0.2, 0) is 9.84 Å². The summed E-state index contributed by atoms with van der Waals surface area (Å²) in [6, 6.07) is 6.55. The average Bonchev–Trinajstić information content (AvgIpc) is 3.09. The van der Waals surface area contributed by atoms with Crippen LogP contribution in [0.5, 0.6) is 0 Å². The summed E-state index contributed by atoms with van der Waals surface area (Å²) < 4.78 is 23.9. The number of amides is 1. The Kier molecular flexibility index (Phi) is 5.38. The van der Waals surface area contributed by atoms with Crippen molar-refractivity contribution in [2.45, 2.75) is 30.7 Å². The third-order valence-electron chi connectivity index (χ3n) is 5.02. The van der Waals surface area contributed by atoms with Crippen LogP contribution in [0.2, 0.25) is 0 Å². The van der Waals surface area contributed by atoms with E-state index in [9.17, 15) is 13.2 Å². The Hall–Kier alpha value is -1.11. The first kappa shape index (κ1) is 18.2. The van der Waals surface area contributed by atoms with Gasteiger partial charge in [0, 0.05) is 24.7 Å². The molecule has 0 radical (unpaired) electrons. The summed E-state index contributed by atoms with van der Waals surface area (Å²) in [5.41, 5.74) is 6.55. The maximum Gasteiger partial charge on any atom is 0.253 e. The molecule has 7 heteroatoms. The summed E-state index contributed by atoms with van der Waals surface area (Å²) in [6.07, 6.45) is 2.13. The Balaban J connectivity index is 0.00000192. The van der Waals surface area contributed by atoms with Gasteiger partial charge in [-0.3, -0.25) is 4.79 Å². The number of likely N-dealkylation sites (tertiary alicyclic amines) is 1. The van der Waals surface area contributed by atoms with Crippen molar-refractivity contribution in [3.05, 3.63) is 29.8 Å². The number of nitrogens with zero attached hydrogens (tertiary/aromatic N) is 1. The Bertz CT molecular complexity index is 692. The highest BCUT2D eigenvalue weighted by molar-refractivity contribution is 7.91. The number of fused-ring (bicyclic) bond motifs is 1. The fraction of sp³-hybridized carbons (Fsp3) is 0.562. The van der Waals surface area contributed by atoms with Crippen LogP contribution in [0.25, 0.3) is 0 Å². The lowest BCUT2D eigenvalue weighted by molar-refractivity contribution is 0.0779. The number of sulfone groups is 1. The van der Waals surface area contributed by atoms with Crippen LogP contribution in [0, 0.1) is 11.8 Å². The number of hydrogen-bond donors (Lipinski definition) is 1. The first-order valence-electron chi connectivity index (χ1n) is 7.80. The Morgan fingerprint density at radius 1 is 1.30 bits per heavy atom. The van der Waals surface area contributed by atoms with E-state index < -0.39 is 9.84 Å². The normalized spacial score (nSPS) is 26.7. The number of carbonyl (C=O) groups excluding carboxylic acids is 1. The van der Waals surface area contributed by atoms with E-state index in [1.165, 1.54) is 6.07 Å². The van der Waals surface area contributed by atoms with Crippen LogP contribution in [-0.4, -0.2) is 44.1 Å². The minimum Gasteiger partial charge on any atom is -0.338 e. The third kappa shape index (κ3) is 3.39. The van der Waals surface area contributed by atoms with Crippen LogP contribution < -0.4 is 5.73 Å². The molecule has 0 aromatic heterocycles. The first-order chi connectivity index (χ1) is 10.4. The zero-order chi connectivity index (χ0) is 15.9. The molecule has 1 aliphatic carbocycles. The Morgan fingerprint density at radius 2 is 2.04 bits per heavy atom. The van der Waals surface area contributed by atoms with Crippen molar-refractivity contribution in [3.63, 3.8) is 0 Å². The molecule has 1 heterocycles. The van der Waals surface area contributed by atoms with Gasteiger partial charge in [-0.1, -0.05) is 13.0 Å². The van der Waals surface area contributed by atoms with Crippen molar-refractivity contribution >= 4 is 28.2 Å². The van der Waals surface area contributed by atoms with E-state index in [4.69, 9.17) is 5.73 Å². The third-order valence-corrected chi connectivity index (χ3v) is 6.75. The van der Waals surface area contributed by atoms with Crippen molar-refractivity contribution in [3.8, 4) is 0 Å². The quantitative estimate of drug-likeness (QED) is 0.891. The summed E-state index contributed by atoms with van der Waals surface area (Å²) in [6.45, 7) is 3.03. The molecule has 2 fully saturated rings. The molecule has 2 aliphatic rings. The lowest BCUT2D eigenvalue weighted by Crippen LogP contribution is -2.33. The topological polar surface area (TPSA) is 80.5 Å². The van der Waals surface area contributed by atoms with Crippen LogP contribution in [0.1, 0.15) is 30.1 Å². The monoisotopic (exact) mass is 358 g/mol. The number of benzene rings is 1. The van der Waals surface area contributed by atoms with E-state index in [-0.39, 0.29) is 35.0 Å². The smallest absolute Gasteiger partial charge is 0.253 e. The van der Waals surface area contributed by atoms with Gasteiger partial charge in [0.1, 0.15) is 0 Å². The molecule has 1 aromatic rings. The summed E-state index contributed by atoms with van der Waals surface area (Å²) in [5.74, 6) is 0.843. The second-order valence-corrected chi connectivity index (χ2v) is 8.58. The summed E-state index contributed by atoms with van der Waals surface area (Å²) in [7, 11) is -3.29. The molecule has 2 N–H and O–H groups in total. The summed E-state index contributed by atoms with van der Waals surface area (Å²) in [5, 5.41) is 0. The van der Waals surface area contributed by atoms with E-state index in [2.05, 4.69) is 0 Å². The minimum atomic E-state index is -3.29. The van der Waals surface area contributed by atoms with Gasteiger partial charge in [0.15, 0.2) is 9.84 Å². The predicted octanol–water partition coefficient (Wildman–Crippen LogP) is 1.71. The van der Waals surface area contributed by atoms with Crippen LogP contribution in [0.4, 0.5) is 0 Å². The lowest BCUT2D eigenvalue weighted by Gasteiger charge is -2.19. The molecule has 0 bridgehead atoms. The number of nitrogens with two attached hydrogens (primary N) is 1. The Labute approximate surface area is 143 Å². The molecule has 5 nitrogen and oxygen atoms in total. The Morgan fingerprint density at radius 3 is 2.70 bits per heavy atom. The number of carbonyl (C=O) groups is 1. The first-order valence-corrected chi connectivity index (χ1v) is 9.45. The number of rotatable bonds is 3. The molecule has 3 unspecified atom stereocenters. The molecule has 1 saturated carbocycles. The molecule has 1 saturated heterocycles. The molecular weight excluding hydrogens is 336 g/mol. The van der Waals surface area contributed by atoms with E-state index in [0.717, 1.165) is 19.4 Å². The van der Waals surface area contributed by atoms with Crippen molar-refractivity contribution < 1.29 is 13.2 Å². The minimum absolute atomic E-state index is 0. The molecule has 23 heavy (non-hydrogen) atoms. The molecule has 1 aromatic carbocycles. The standard InChI is InChI=1S/C16H22N2O3S.ClH/c1-2-22(20,21)13-5-3-4-11(8-13)16(19)18-9-12-6-7-15(17)14(12)10-18;/h3-5,8,12,14-15H,2,6-7,9-10,17H2,1H3;1H. The highest BCUT2D eigenvalue weighted by atomic mass is 35.5. The van der Waals surface area contributed by atoms with Crippen LogP contribution in [0.3, 0.4) is 0 Å². The van der Waals surface area contributed by atoms with Crippen molar-refractivity contribution in [1.29, 1.82) is 0 Å². The van der Waals surface area contributed by atoms with Crippen molar-refractivity contribution in [2.24, 2.45) is 17.6 Å². The lowest BCUT2D eigenvalue weighted by atomic mass is 9.98. The SMILES string of the molecule is CCS(=O)(=O)c1cccc(C(=O)N2CC3CCC(N)C3C2)c1.Cl. The number of hydrogen-bond acceptors (Lipinski definition) is 4.